The number of rotatable bonds is 3. The maximum atomic E-state index is 4.23. The molecule has 18 heavy (non-hydrogen) atoms. The summed E-state index contributed by atoms with van der Waals surface area (Å²) in [5.41, 5.74) is 0.103. The average molecular weight is 249 g/mol. The summed E-state index contributed by atoms with van der Waals surface area (Å²) in [5.74, 6) is 2.72. The minimum absolute atomic E-state index is 0.103. The maximum Gasteiger partial charge on any atom is 0.165 e. The van der Waals surface area contributed by atoms with Crippen molar-refractivity contribution >= 4 is 0 Å². The van der Waals surface area contributed by atoms with E-state index in [4.69, 9.17) is 0 Å². The van der Waals surface area contributed by atoms with E-state index in [9.17, 15) is 0 Å². The lowest BCUT2D eigenvalue weighted by Crippen LogP contribution is -2.36. The van der Waals surface area contributed by atoms with Gasteiger partial charge >= 0.3 is 0 Å². The normalized spacial score (nSPS) is 31.2. The van der Waals surface area contributed by atoms with Crippen LogP contribution in [0.15, 0.2) is 0 Å². The minimum Gasteiger partial charge on any atom is -0.305 e. The van der Waals surface area contributed by atoms with Gasteiger partial charge in [-0.15, -0.1) is 5.10 Å². The molecular weight excluding hydrogens is 226 g/mol. The van der Waals surface area contributed by atoms with Gasteiger partial charge in [0.25, 0.3) is 0 Å². The lowest BCUT2D eigenvalue weighted by atomic mass is 9.95. The standard InChI is InChI=1S/C13H23N5/c1-13(2,3)14-8-12-15-16-17-18(12)11-7-9-4-5-10(11)6-9/h9-11,14H,4-8H2,1-3H3. The molecule has 3 rings (SSSR count). The van der Waals surface area contributed by atoms with Gasteiger partial charge in [0, 0.05) is 5.54 Å². The number of tetrazole rings is 1. The molecule has 2 bridgehead atoms. The first-order valence-corrected chi connectivity index (χ1v) is 7.05. The highest BCUT2D eigenvalue weighted by Crippen LogP contribution is 2.50. The molecule has 0 aliphatic heterocycles. The molecule has 0 saturated heterocycles. The summed E-state index contributed by atoms with van der Waals surface area (Å²) in [6, 6.07) is 0.551. The molecule has 5 nitrogen and oxygen atoms in total. The van der Waals surface area contributed by atoms with Gasteiger partial charge in [0.05, 0.1) is 12.6 Å². The van der Waals surface area contributed by atoms with Crippen molar-refractivity contribution in [3.63, 3.8) is 0 Å². The molecule has 100 valence electrons. The first-order chi connectivity index (χ1) is 8.53. The topological polar surface area (TPSA) is 55.6 Å². The molecule has 3 unspecified atom stereocenters. The van der Waals surface area contributed by atoms with Crippen LogP contribution < -0.4 is 5.32 Å². The first-order valence-electron chi connectivity index (χ1n) is 7.05. The summed E-state index contributed by atoms with van der Waals surface area (Å²) in [4.78, 5) is 0. The Balaban J connectivity index is 1.72. The van der Waals surface area contributed by atoms with Gasteiger partial charge in [0.15, 0.2) is 5.82 Å². The fourth-order valence-corrected chi connectivity index (χ4v) is 3.44. The van der Waals surface area contributed by atoms with Crippen LogP contribution in [0.25, 0.3) is 0 Å². The molecular formula is C13H23N5. The second-order valence-corrected chi connectivity index (χ2v) is 6.89. The molecule has 2 fully saturated rings. The third-order valence-corrected chi connectivity index (χ3v) is 4.35. The molecule has 0 spiro atoms. The number of hydrogen-bond acceptors (Lipinski definition) is 4. The third-order valence-electron chi connectivity index (χ3n) is 4.35. The van der Waals surface area contributed by atoms with Crippen molar-refractivity contribution < 1.29 is 0 Å². The SMILES string of the molecule is CC(C)(C)NCc1nnnn1C1CC2CCC1C2. The highest BCUT2D eigenvalue weighted by molar-refractivity contribution is 4.96. The summed E-state index contributed by atoms with van der Waals surface area (Å²) >= 11 is 0. The van der Waals surface area contributed by atoms with Crippen molar-refractivity contribution in [1.29, 1.82) is 0 Å². The zero-order chi connectivity index (χ0) is 12.8. The number of fused-ring (bicyclic) bond motifs is 2. The summed E-state index contributed by atoms with van der Waals surface area (Å²) in [6.45, 7) is 7.25. The highest BCUT2D eigenvalue weighted by atomic mass is 15.6. The van der Waals surface area contributed by atoms with Crippen LogP contribution in [0.2, 0.25) is 0 Å². The van der Waals surface area contributed by atoms with Crippen LogP contribution in [0.4, 0.5) is 0 Å². The van der Waals surface area contributed by atoms with Gasteiger partial charge in [0.1, 0.15) is 0 Å². The van der Waals surface area contributed by atoms with Gasteiger partial charge in [-0.25, -0.2) is 4.68 Å². The van der Waals surface area contributed by atoms with Crippen LogP contribution in [0.1, 0.15) is 58.3 Å². The van der Waals surface area contributed by atoms with Gasteiger partial charge in [-0.1, -0.05) is 6.42 Å². The van der Waals surface area contributed by atoms with Gasteiger partial charge < -0.3 is 5.32 Å². The number of aromatic nitrogens is 4. The van der Waals surface area contributed by atoms with Crippen LogP contribution in [-0.4, -0.2) is 25.7 Å². The molecule has 0 radical (unpaired) electrons. The number of nitrogens with zero attached hydrogens (tertiary/aromatic N) is 4. The van der Waals surface area contributed by atoms with E-state index in [1.54, 1.807) is 0 Å². The Labute approximate surface area is 108 Å². The van der Waals surface area contributed by atoms with Crippen molar-refractivity contribution in [2.45, 2.75) is 64.6 Å². The van der Waals surface area contributed by atoms with Crippen molar-refractivity contribution in [3.8, 4) is 0 Å². The second kappa shape index (κ2) is 4.30. The van der Waals surface area contributed by atoms with Gasteiger partial charge in [-0.05, 0) is 62.3 Å². The Kier molecular flexibility index (Phi) is 2.88. The second-order valence-electron chi connectivity index (χ2n) is 6.89. The molecule has 5 heteroatoms. The smallest absolute Gasteiger partial charge is 0.165 e. The van der Waals surface area contributed by atoms with Crippen LogP contribution in [0.5, 0.6) is 0 Å². The number of nitrogens with one attached hydrogen (secondary N) is 1. The average Bonchev–Trinajstić information content (AvgIpc) is 3.00. The predicted octanol–water partition coefficient (Wildman–Crippen LogP) is 1.92. The first kappa shape index (κ1) is 12.1. The summed E-state index contributed by atoms with van der Waals surface area (Å²) in [6.07, 6.45) is 5.44. The fourth-order valence-electron chi connectivity index (χ4n) is 3.44. The lowest BCUT2D eigenvalue weighted by molar-refractivity contribution is 0.289. The van der Waals surface area contributed by atoms with Crippen molar-refractivity contribution in [1.82, 2.24) is 25.5 Å². The van der Waals surface area contributed by atoms with E-state index in [0.717, 1.165) is 24.2 Å². The lowest BCUT2D eigenvalue weighted by Gasteiger charge is -2.24. The van der Waals surface area contributed by atoms with E-state index in [0.29, 0.717) is 6.04 Å². The van der Waals surface area contributed by atoms with Gasteiger partial charge in [-0.3, -0.25) is 0 Å². The highest BCUT2D eigenvalue weighted by Gasteiger charge is 2.41. The van der Waals surface area contributed by atoms with E-state index >= 15 is 0 Å². The Bertz CT molecular complexity index is 419. The molecule has 1 N–H and O–H groups in total. The Morgan fingerprint density at radius 1 is 1.28 bits per heavy atom. The maximum absolute atomic E-state index is 4.23. The molecule has 3 atom stereocenters. The molecule has 1 aromatic heterocycles. The Morgan fingerprint density at radius 2 is 2.11 bits per heavy atom. The van der Waals surface area contributed by atoms with Crippen molar-refractivity contribution in [3.05, 3.63) is 5.82 Å². The largest absolute Gasteiger partial charge is 0.305 e. The molecule has 2 aliphatic carbocycles. The minimum atomic E-state index is 0.103. The predicted molar refractivity (Wildman–Crippen MR) is 68.9 cm³/mol. The summed E-state index contributed by atoms with van der Waals surface area (Å²) in [7, 11) is 0. The van der Waals surface area contributed by atoms with Crippen LogP contribution in [0, 0.1) is 11.8 Å². The summed E-state index contributed by atoms with van der Waals surface area (Å²) < 4.78 is 2.09. The van der Waals surface area contributed by atoms with E-state index in [-0.39, 0.29) is 5.54 Å². The van der Waals surface area contributed by atoms with Gasteiger partial charge in [0.2, 0.25) is 0 Å². The van der Waals surface area contributed by atoms with Gasteiger partial charge in [-0.2, -0.15) is 0 Å². The Morgan fingerprint density at radius 3 is 2.72 bits per heavy atom. The summed E-state index contributed by atoms with van der Waals surface area (Å²) in [5, 5.41) is 15.8. The van der Waals surface area contributed by atoms with Crippen LogP contribution in [-0.2, 0) is 6.54 Å². The third kappa shape index (κ3) is 2.28. The molecule has 2 aliphatic rings. The van der Waals surface area contributed by atoms with Crippen molar-refractivity contribution in [2.75, 3.05) is 0 Å². The van der Waals surface area contributed by atoms with Crippen molar-refractivity contribution in [2.24, 2.45) is 11.8 Å². The van der Waals surface area contributed by atoms with E-state index in [1.807, 2.05) is 0 Å². The fraction of sp³-hybridized carbons (Fsp3) is 0.923. The number of hydrogen-bond donors (Lipinski definition) is 1. The van der Waals surface area contributed by atoms with Crippen LogP contribution in [0.3, 0.4) is 0 Å². The molecule has 1 heterocycles. The van der Waals surface area contributed by atoms with Crippen LogP contribution >= 0.6 is 0 Å². The van der Waals surface area contributed by atoms with E-state index in [2.05, 4.69) is 46.3 Å². The zero-order valence-electron chi connectivity index (χ0n) is 11.6. The monoisotopic (exact) mass is 249 g/mol. The molecule has 2 saturated carbocycles. The quantitative estimate of drug-likeness (QED) is 0.889. The van der Waals surface area contributed by atoms with E-state index < -0.39 is 0 Å². The molecule has 0 amide bonds. The molecule has 1 aromatic rings. The Hall–Kier alpha value is -0.970. The molecule has 0 aromatic carbocycles. The van der Waals surface area contributed by atoms with E-state index in [1.165, 1.54) is 25.7 Å². The zero-order valence-corrected chi connectivity index (χ0v) is 11.6.